The van der Waals surface area contributed by atoms with Crippen molar-refractivity contribution in [3.05, 3.63) is 95.4 Å². The second-order valence-electron chi connectivity index (χ2n) is 9.16. The zero-order valence-electron chi connectivity index (χ0n) is 22.0. The van der Waals surface area contributed by atoms with Crippen molar-refractivity contribution >= 4 is 77.5 Å². The molecule has 0 atom stereocenters. The lowest BCUT2D eigenvalue weighted by molar-refractivity contribution is -0.432. The van der Waals surface area contributed by atoms with Crippen LogP contribution in [0, 0.1) is 0 Å². The molecule has 0 bridgehead atoms. The van der Waals surface area contributed by atoms with E-state index < -0.39 is 32.0 Å². The first kappa shape index (κ1) is 29.0. The molecule has 0 fully saturated rings. The number of H-pyrrole nitrogens is 1. The van der Waals surface area contributed by atoms with Crippen molar-refractivity contribution in [1.82, 2.24) is 9.97 Å². The number of fused-ring (bicyclic) bond motifs is 3. The molecule has 14 nitrogen and oxygen atoms in total. The first-order valence-corrected chi connectivity index (χ1v) is 14.7. The van der Waals surface area contributed by atoms with Crippen LogP contribution in [0.25, 0.3) is 32.6 Å². The number of aromatic hydroxyl groups is 1. The van der Waals surface area contributed by atoms with Gasteiger partial charge in [0.2, 0.25) is 0 Å². The smallest absolute Gasteiger partial charge is 0.294 e. The number of rotatable bonds is 8. The maximum Gasteiger partial charge on any atom is 0.294 e. The van der Waals surface area contributed by atoms with E-state index in [-0.39, 0.29) is 10.9 Å². The highest BCUT2D eigenvalue weighted by Gasteiger charge is 2.16. The van der Waals surface area contributed by atoms with E-state index in [0.717, 1.165) is 39.8 Å². The minimum Gasteiger partial charge on any atom is -0.505 e. The van der Waals surface area contributed by atoms with Crippen molar-refractivity contribution in [3.8, 4) is 5.75 Å². The van der Waals surface area contributed by atoms with Gasteiger partial charge in [0, 0.05) is 21.9 Å². The molecular weight excluding hydrogens is 612 g/mol. The Kier molecular flexibility index (Phi) is 7.83. The summed E-state index contributed by atoms with van der Waals surface area (Å²) in [6.45, 7) is 0. The number of aromatic amines is 1. The average molecular weight is 631 g/mol. The molecule has 0 saturated heterocycles. The summed E-state index contributed by atoms with van der Waals surface area (Å²) < 4.78 is 36.9. The van der Waals surface area contributed by atoms with Crippen molar-refractivity contribution in [2.45, 2.75) is 9.79 Å². The van der Waals surface area contributed by atoms with Crippen LogP contribution in [0.15, 0.2) is 120 Å². The van der Waals surface area contributed by atoms with E-state index in [4.69, 9.17) is 5.26 Å². The van der Waals surface area contributed by atoms with Gasteiger partial charge in [0.1, 0.15) is 5.69 Å². The third-order valence-corrected chi connectivity index (χ3v) is 7.87. The van der Waals surface area contributed by atoms with Gasteiger partial charge < -0.3 is 10.1 Å². The van der Waals surface area contributed by atoms with E-state index in [0.29, 0.717) is 28.0 Å². The number of nitrogens with one attached hydrogen (secondary N) is 1. The summed E-state index contributed by atoms with van der Waals surface area (Å²) in [7, 11) is -4.55. The van der Waals surface area contributed by atoms with E-state index in [2.05, 4.69) is 39.8 Å². The van der Waals surface area contributed by atoms with Crippen LogP contribution < -0.4 is 5.56 Å². The molecule has 4 N–H and O–H groups in total. The van der Waals surface area contributed by atoms with Gasteiger partial charge in [0.05, 0.1) is 39.3 Å². The maximum atomic E-state index is 12.6. The third-order valence-electron chi connectivity index (χ3n) is 6.44. The fourth-order valence-electron chi connectivity index (χ4n) is 4.40. The number of benzene rings is 4. The van der Waals surface area contributed by atoms with Crippen molar-refractivity contribution in [3.63, 3.8) is 0 Å². The topological polar surface area (TPSA) is 208 Å². The summed E-state index contributed by atoms with van der Waals surface area (Å²) in [6, 6.07) is 21.0. The van der Waals surface area contributed by atoms with Gasteiger partial charge in [-0.05, 0) is 77.5 Å². The second-order valence-corrected chi connectivity index (χ2v) is 11.4. The van der Waals surface area contributed by atoms with Gasteiger partial charge in [-0.25, -0.2) is 5.26 Å². The fourth-order valence-corrected chi connectivity index (χ4v) is 5.32. The number of aromatic nitrogens is 2. The van der Waals surface area contributed by atoms with Crippen LogP contribution >= 0.6 is 12.0 Å². The zero-order chi connectivity index (χ0) is 30.8. The van der Waals surface area contributed by atoms with Crippen LogP contribution in [-0.2, 0) is 19.5 Å². The summed E-state index contributed by atoms with van der Waals surface area (Å²) in [5.74, 6) is -0.608. The Hall–Kier alpha value is -5.10. The molecule has 2 heterocycles. The molecule has 6 rings (SSSR count). The monoisotopic (exact) mass is 630 g/mol. The predicted molar refractivity (Wildman–Crippen MR) is 161 cm³/mol. The number of hydrogen-bond donors (Lipinski definition) is 4. The van der Waals surface area contributed by atoms with Crippen LogP contribution in [0.1, 0.15) is 0 Å². The molecule has 0 saturated carbocycles. The highest BCUT2D eigenvalue weighted by atomic mass is 32.2. The van der Waals surface area contributed by atoms with Crippen molar-refractivity contribution in [2.75, 3.05) is 0 Å². The lowest BCUT2D eigenvalue weighted by atomic mass is 10.1. The molecule has 0 radical (unpaired) electrons. The molecule has 0 unspecified atom stereocenters. The van der Waals surface area contributed by atoms with Crippen molar-refractivity contribution < 1.29 is 32.7 Å². The quantitative estimate of drug-likeness (QED) is 0.0429. The highest BCUT2D eigenvalue weighted by molar-refractivity contribution is 7.94. The maximum absolute atomic E-state index is 12.6. The molecule has 4 aromatic carbocycles. The number of pyridine rings is 2. The largest absolute Gasteiger partial charge is 0.505 e. The molecule has 0 aliphatic carbocycles. The predicted octanol–water partition coefficient (Wildman–Crippen LogP) is 7.44. The lowest BCUT2D eigenvalue weighted by Crippen LogP contribution is -2.06. The lowest BCUT2D eigenvalue weighted by Gasteiger charge is -2.06. The summed E-state index contributed by atoms with van der Waals surface area (Å²) in [6.07, 6.45) is 1.58. The summed E-state index contributed by atoms with van der Waals surface area (Å²) >= 11 is 0.861. The SMILES string of the molecule is O=c1[nH]c2ccc(S(=O)(=O)O)cc2c(O)c1N=Nc1ccc(N=Nc2ccc3cc(SOOO)ccc3c2)c2ncccc12. The first-order valence-electron chi connectivity index (χ1n) is 12.5. The Labute approximate surface area is 251 Å². The Morgan fingerprint density at radius 3 is 2.43 bits per heavy atom. The minimum atomic E-state index is -4.55. The summed E-state index contributed by atoms with van der Waals surface area (Å²) in [4.78, 5) is 19.8. The van der Waals surface area contributed by atoms with Crippen LogP contribution in [0.2, 0.25) is 0 Å². The van der Waals surface area contributed by atoms with E-state index >= 15 is 0 Å². The van der Waals surface area contributed by atoms with Gasteiger partial charge in [0.15, 0.2) is 11.4 Å². The van der Waals surface area contributed by atoms with Crippen LogP contribution in [0.5, 0.6) is 5.75 Å². The van der Waals surface area contributed by atoms with Gasteiger partial charge in [-0.3, -0.25) is 14.3 Å². The highest BCUT2D eigenvalue weighted by Crippen LogP contribution is 2.36. The van der Waals surface area contributed by atoms with Crippen molar-refractivity contribution in [1.29, 1.82) is 0 Å². The number of azo groups is 2. The number of hydrogen-bond acceptors (Lipinski definition) is 13. The summed E-state index contributed by atoms with van der Waals surface area (Å²) in [5, 5.41) is 41.9. The summed E-state index contributed by atoms with van der Waals surface area (Å²) in [5.41, 5.74) is 0.719. The third kappa shape index (κ3) is 5.88. The standard InChI is InChI=1S/C28H18N6O8S2/c35-27-21-14-19(44(38,39)40)7-8-22(21)30-28(36)26(27)34-32-23-9-10-24(25-20(23)2-1-11-29-25)33-31-17-5-3-16-13-18(43-42-41-37)6-4-15(16)12-17/h1-14,37H,(H2,30,35,36)(H,38,39,40). The van der Waals surface area contributed by atoms with E-state index in [9.17, 15) is 22.9 Å². The van der Waals surface area contributed by atoms with Gasteiger partial charge in [-0.2, -0.15) is 13.5 Å². The average Bonchev–Trinajstić information content (AvgIpc) is 3.02. The normalized spacial score (nSPS) is 12.3. The molecule has 0 aliphatic heterocycles. The second kappa shape index (κ2) is 11.9. The molecule has 220 valence electrons. The Morgan fingerprint density at radius 2 is 1.61 bits per heavy atom. The van der Waals surface area contributed by atoms with E-state index in [1.807, 2.05) is 24.3 Å². The molecular formula is C28H18N6O8S2. The van der Waals surface area contributed by atoms with Gasteiger partial charge in [0.25, 0.3) is 15.7 Å². The van der Waals surface area contributed by atoms with Gasteiger partial charge >= 0.3 is 0 Å². The Balaban J connectivity index is 1.32. The Bertz CT molecular complexity index is 2310. The van der Waals surface area contributed by atoms with E-state index in [1.54, 1.807) is 42.6 Å². The fraction of sp³-hybridized carbons (Fsp3) is 0. The zero-order valence-corrected chi connectivity index (χ0v) is 23.7. The molecule has 0 aliphatic rings. The first-order chi connectivity index (χ1) is 21.2. The van der Waals surface area contributed by atoms with E-state index in [1.165, 1.54) is 6.07 Å². The molecule has 2 aromatic heterocycles. The molecule has 0 spiro atoms. The number of nitrogens with zero attached hydrogens (tertiary/aromatic N) is 5. The minimum absolute atomic E-state index is 0.0470. The Morgan fingerprint density at radius 1 is 0.841 bits per heavy atom. The van der Waals surface area contributed by atoms with Crippen LogP contribution in [0.3, 0.4) is 0 Å². The molecule has 16 heteroatoms. The molecule has 6 aromatic rings. The van der Waals surface area contributed by atoms with Crippen molar-refractivity contribution in [2.24, 2.45) is 20.5 Å². The molecule has 44 heavy (non-hydrogen) atoms. The van der Waals surface area contributed by atoms with Gasteiger partial charge in [-0.15, -0.1) is 19.7 Å². The van der Waals surface area contributed by atoms with Crippen LogP contribution in [0.4, 0.5) is 22.7 Å². The van der Waals surface area contributed by atoms with Crippen LogP contribution in [-0.4, -0.2) is 33.3 Å². The molecule has 0 amide bonds. The van der Waals surface area contributed by atoms with Gasteiger partial charge in [-0.1, -0.05) is 17.2 Å².